The van der Waals surface area contributed by atoms with Crippen LogP contribution in [-0.4, -0.2) is 74.4 Å². The van der Waals surface area contributed by atoms with Gasteiger partial charge in [-0.2, -0.15) is 0 Å². The zero-order valence-corrected chi connectivity index (χ0v) is 23.0. The Bertz CT molecular complexity index is 1490. The summed E-state index contributed by atoms with van der Waals surface area (Å²) in [5.74, 6) is 0.630. The monoisotopic (exact) mass is 557 g/mol. The molecule has 41 heavy (non-hydrogen) atoms. The summed E-state index contributed by atoms with van der Waals surface area (Å²) in [5.41, 5.74) is 0.869. The molecule has 0 radical (unpaired) electrons. The van der Waals surface area contributed by atoms with Crippen LogP contribution in [0.4, 0.5) is 4.79 Å². The van der Waals surface area contributed by atoms with E-state index in [1.807, 2.05) is 25.1 Å². The van der Waals surface area contributed by atoms with Gasteiger partial charge >= 0.3 is 6.03 Å². The number of imide groups is 1. The third kappa shape index (κ3) is 5.71. The maximum absolute atomic E-state index is 13.2. The second-order valence-electron chi connectivity index (χ2n) is 10.2. The summed E-state index contributed by atoms with van der Waals surface area (Å²) in [5, 5.41) is 7.91. The molecule has 11 heteroatoms. The number of rotatable bonds is 10. The molecule has 2 aliphatic heterocycles. The van der Waals surface area contributed by atoms with Gasteiger partial charge in [0.15, 0.2) is 5.54 Å². The number of hydrogen-bond acceptors (Lipinski definition) is 7. The number of likely N-dealkylation sites (N-methyl/N-ethyl adjacent to an activating group) is 1. The molecule has 3 aromatic rings. The normalized spacial score (nSPS) is 17.8. The Hall–Kier alpha value is -4.90. The van der Waals surface area contributed by atoms with Crippen molar-refractivity contribution in [2.45, 2.75) is 12.1 Å². The van der Waals surface area contributed by atoms with Crippen LogP contribution in [0.5, 0.6) is 17.2 Å². The van der Waals surface area contributed by atoms with E-state index in [4.69, 9.17) is 9.47 Å². The van der Waals surface area contributed by atoms with Crippen molar-refractivity contribution in [2.75, 3.05) is 40.8 Å². The summed E-state index contributed by atoms with van der Waals surface area (Å²) in [6.45, 7) is 1.53. The molecular formula is C30H31N5O6. The van der Waals surface area contributed by atoms with Gasteiger partial charge in [-0.1, -0.05) is 18.2 Å². The molecule has 0 unspecified atom stereocenters. The molecular weight excluding hydrogens is 526 g/mol. The minimum Gasteiger partial charge on any atom is -0.497 e. The second-order valence-corrected chi connectivity index (χ2v) is 10.2. The van der Waals surface area contributed by atoms with E-state index in [0.717, 1.165) is 12.1 Å². The van der Waals surface area contributed by atoms with Crippen molar-refractivity contribution < 1.29 is 28.7 Å². The molecule has 1 fully saturated rings. The Kier molecular flexibility index (Phi) is 7.62. The van der Waals surface area contributed by atoms with Gasteiger partial charge in [0.1, 0.15) is 17.2 Å². The molecule has 3 aromatic carbocycles. The van der Waals surface area contributed by atoms with Crippen LogP contribution in [-0.2, 0) is 16.9 Å². The highest BCUT2D eigenvalue weighted by molar-refractivity contribution is 6.08. The number of nitrogens with zero attached hydrogens (tertiary/aromatic N) is 2. The van der Waals surface area contributed by atoms with E-state index >= 15 is 0 Å². The average Bonchev–Trinajstić information content (AvgIpc) is 3.43. The molecule has 3 N–H and O–H groups in total. The summed E-state index contributed by atoms with van der Waals surface area (Å²) < 4.78 is 11.2. The molecule has 0 aromatic heterocycles. The summed E-state index contributed by atoms with van der Waals surface area (Å²) >= 11 is 0. The van der Waals surface area contributed by atoms with Crippen molar-refractivity contribution in [3.8, 4) is 17.2 Å². The number of carbonyl (C=O) groups excluding carboxylic acids is 4. The highest BCUT2D eigenvalue weighted by Gasteiger charge is 2.50. The number of methoxy groups -OCH3 is 1. The first kappa shape index (κ1) is 27.7. The number of ether oxygens (including phenoxy) is 2. The zero-order valence-electron chi connectivity index (χ0n) is 23.0. The van der Waals surface area contributed by atoms with Gasteiger partial charge in [-0.3, -0.25) is 19.7 Å². The van der Waals surface area contributed by atoms with Crippen molar-refractivity contribution in [1.29, 1.82) is 0 Å². The van der Waals surface area contributed by atoms with Crippen LogP contribution in [0.2, 0.25) is 0 Å². The molecule has 1 saturated heterocycles. The molecule has 212 valence electrons. The summed E-state index contributed by atoms with van der Waals surface area (Å²) in [7, 11) is 5.41. The quantitative estimate of drug-likeness (QED) is 0.327. The number of benzene rings is 3. The van der Waals surface area contributed by atoms with Crippen LogP contribution in [0.15, 0.2) is 66.7 Å². The predicted octanol–water partition coefficient (Wildman–Crippen LogP) is 2.47. The first-order chi connectivity index (χ1) is 19.7. The van der Waals surface area contributed by atoms with Crippen LogP contribution >= 0.6 is 0 Å². The maximum Gasteiger partial charge on any atom is 0.322 e. The lowest BCUT2D eigenvalue weighted by Crippen LogP contribution is -2.52. The van der Waals surface area contributed by atoms with Crippen LogP contribution < -0.4 is 25.4 Å². The van der Waals surface area contributed by atoms with Crippen LogP contribution in [0.3, 0.4) is 0 Å². The summed E-state index contributed by atoms with van der Waals surface area (Å²) in [6, 6.07) is 18.1. The molecule has 2 heterocycles. The van der Waals surface area contributed by atoms with Gasteiger partial charge < -0.3 is 29.9 Å². The topological polar surface area (TPSA) is 129 Å². The third-order valence-corrected chi connectivity index (χ3v) is 7.11. The first-order valence-electron chi connectivity index (χ1n) is 13.1. The van der Waals surface area contributed by atoms with Crippen LogP contribution in [0.1, 0.15) is 31.8 Å². The molecule has 2 aliphatic rings. The number of nitrogens with one attached hydrogen (secondary N) is 3. The Labute approximate surface area is 237 Å². The van der Waals surface area contributed by atoms with E-state index in [-0.39, 0.29) is 18.4 Å². The molecule has 5 rings (SSSR count). The average molecular weight is 558 g/mol. The molecule has 0 bridgehead atoms. The number of fused-ring (bicyclic) bond motifs is 1. The maximum atomic E-state index is 13.2. The fraction of sp³-hybridized carbons (Fsp3) is 0.267. The van der Waals surface area contributed by atoms with E-state index in [1.165, 1.54) is 12.0 Å². The first-order valence-corrected chi connectivity index (χ1v) is 13.1. The largest absolute Gasteiger partial charge is 0.497 e. The van der Waals surface area contributed by atoms with Gasteiger partial charge in [0.2, 0.25) is 0 Å². The van der Waals surface area contributed by atoms with Crippen molar-refractivity contribution in [1.82, 2.24) is 25.8 Å². The fourth-order valence-electron chi connectivity index (χ4n) is 4.89. The lowest BCUT2D eigenvalue weighted by molar-refractivity contribution is -0.124. The summed E-state index contributed by atoms with van der Waals surface area (Å²) in [4.78, 5) is 54.4. The highest BCUT2D eigenvalue weighted by Crippen LogP contribution is 2.33. The van der Waals surface area contributed by atoms with Crippen molar-refractivity contribution >= 4 is 23.8 Å². The van der Waals surface area contributed by atoms with Gasteiger partial charge in [0.05, 0.1) is 13.7 Å². The number of hydrogen-bond donors (Lipinski definition) is 3. The van der Waals surface area contributed by atoms with E-state index in [9.17, 15) is 19.2 Å². The van der Waals surface area contributed by atoms with Crippen molar-refractivity contribution in [2.24, 2.45) is 0 Å². The molecule has 1 atom stereocenters. The molecule has 0 saturated carbocycles. The predicted molar refractivity (Wildman–Crippen MR) is 150 cm³/mol. The minimum atomic E-state index is -1.47. The van der Waals surface area contributed by atoms with Gasteiger partial charge in [-0.15, -0.1) is 0 Å². The third-order valence-electron chi connectivity index (χ3n) is 7.11. The van der Waals surface area contributed by atoms with Gasteiger partial charge in [-0.05, 0) is 73.8 Å². The van der Waals surface area contributed by atoms with Crippen LogP contribution in [0.25, 0.3) is 0 Å². The number of urea groups is 1. The highest BCUT2D eigenvalue weighted by atomic mass is 16.5. The molecule has 0 aliphatic carbocycles. The van der Waals surface area contributed by atoms with Gasteiger partial charge in [0, 0.05) is 30.8 Å². The number of carbonyl (C=O) groups is 4. The van der Waals surface area contributed by atoms with E-state index < -0.39 is 17.5 Å². The van der Waals surface area contributed by atoms with Crippen molar-refractivity contribution in [3.63, 3.8) is 0 Å². The summed E-state index contributed by atoms with van der Waals surface area (Å²) in [6.07, 6.45) is 0. The standard InChI is InChI=1S/C30H31N5O6/c1-34(2)15-14-31-26(36)19-4-9-22(10-5-19)41-23-12-7-21(8-13-23)30(28(38)32-29(39)33-30)18-35-17-20-6-11-24(40-3)16-25(20)27(35)37/h4-13,16H,14-15,17-18H2,1-3H3,(H,31,36)(H2,32,33,38,39)/t30-/m0/s1. The second kappa shape index (κ2) is 11.3. The van der Waals surface area contributed by atoms with E-state index in [1.54, 1.807) is 60.7 Å². The molecule has 5 amide bonds. The number of amides is 5. The lowest BCUT2D eigenvalue weighted by Gasteiger charge is -2.31. The SMILES string of the molecule is COc1ccc2c(c1)C(=O)N(C[C@@]1(c3ccc(Oc4ccc(C(=O)NCCN(C)C)cc4)cc3)NC(=O)NC1=O)C2. The molecule has 11 nitrogen and oxygen atoms in total. The smallest absolute Gasteiger partial charge is 0.322 e. The fourth-order valence-corrected chi connectivity index (χ4v) is 4.89. The Morgan fingerprint density at radius 1 is 0.976 bits per heavy atom. The minimum absolute atomic E-state index is 0.0569. The van der Waals surface area contributed by atoms with Gasteiger partial charge in [0.25, 0.3) is 17.7 Å². The van der Waals surface area contributed by atoms with Crippen LogP contribution in [0, 0.1) is 0 Å². The van der Waals surface area contributed by atoms with E-state index in [2.05, 4.69) is 16.0 Å². The Morgan fingerprint density at radius 2 is 1.63 bits per heavy atom. The van der Waals surface area contributed by atoms with Gasteiger partial charge in [-0.25, -0.2) is 4.79 Å². The Balaban J connectivity index is 1.30. The molecule has 0 spiro atoms. The van der Waals surface area contributed by atoms with Crippen molar-refractivity contribution in [3.05, 3.63) is 89.0 Å². The Morgan fingerprint density at radius 3 is 2.24 bits per heavy atom. The lowest BCUT2D eigenvalue weighted by atomic mass is 9.89. The zero-order chi connectivity index (χ0) is 29.1. The van der Waals surface area contributed by atoms with E-state index in [0.29, 0.717) is 47.0 Å².